The highest BCUT2D eigenvalue weighted by molar-refractivity contribution is 5.64. The van der Waals surface area contributed by atoms with Gasteiger partial charge in [-0.1, -0.05) is 6.07 Å². The number of carbonyl (C=O) groups is 1. The van der Waals surface area contributed by atoms with Crippen LogP contribution in [0.25, 0.3) is 0 Å². The van der Waals surface area contributed by atoms with Crippen molar-refractivity contribution in [3.63, 3.8) is 0 Å². The highest BCUT2D eigenvalue weighted by Gasteiger charge is 2.19. The molecule has 8 nitrogen and oxygen atoms in total. The van der Waals surface area contributed by atoms with E-state index in [1.54, 1.807) is 0 Å². The number of hydrogen-bond acceptors (Lipinski definition) is 6. The van der Waals surface area contributed by atoms with E-state index < -0.39 is 12.2 Å². The Hall–Kier alpha value is -2.58. The number of β-amino-alcohol motifs (C(OH)–C–C–N with tert-alkyl or cyclic N) is 1. The lowest BCUT2D eigenvalue weighted by molar-refractivity contribution is 0.102. The fourth-order valence-electron chi connectivity index (χ4n) is 3.01. The molecule has 1 aromatic carbocycles. The van der Waals surface area contributed by atoms with E-state index in [1.807, 2.05) is 25.1 Å². The number of aryl methyl sites for hydroxylation is 1. The normalized spacial score (nSPS) is 15.3. The average Bonchev–Trinajstić information content (AvgIpc) is 3.03. The summed E-state index contributed by atoms with van der Waals surface area (Å²) in [5, 5.41) is 20.7. The van der Waals surface area contributed by atoms with Crippen molar-refractivity contribution in [3.05, 3.63) is 47.2 Å². The maximum Gasteiger partial charge on any atom is 0.404 e. The van der Waals surface area contributed by atoms with Crippen LogP contribution in [0.2, 0.25) is 0 Å². The number of oxazole rings is 1. The first-order chi connectivity index (χ1) is 12.5. The van der Waals surface area contributed by atoms with Crippen molar-refractivity contribution in [2.75, 3.05) is 19.6 Å². The van der Waals surface area contributed by atoms with E-state index in [2.05, 4.69) is 15.2 Å². The quantitative estimate of drug-likeness (QED) is 0.686. The molecule has 3 N–H and O–H groups in total. The Morgan fingerprint density at radius 2 is 2.31 bits per heavy atom. The Bertz CT molecular complexity index is 761. The van der Waals surface area contributed by atoms with E-state index in [9.17, 15) is 9.90 Å². The number of aromatic nitrogens is 1. The Kier molecular flexibility index (Phi) is 5.75. The van der Waals surface area contributed by atoms with Crippen molar-refractivity contribution >= 4 is 6.09 Å². The van der Waals surface area contributed by atoms with E-state index in [0.717, 1.165) is 36.7 Å². The van der Waals surface area contributed by atoms with Crippen LogP contribution < -0.4 is 10.1 Å². The van der Waals surface area contributed by atoms with Crippen LogP contribution in [0.3, 0.4) is 0 Å². The minimum absolute atomic E-state index is 0.0342. The van der Waals surface area contributed by atoms with Gasteiger partial charge in [-0.2, -0.15) is 0 Å². The van der Waals surface area contributed by atoms with Crippen molar-refractivity contribution in [3.8, 4) is 5.75 Å². The molecule has 1 atom stereocenters. The fraction of sp³-hybridized carbons (Fsp3) is 0.444. The number of carboxylic acid groups (broad SMARTS) is 1. The standard InChI is InChI=1S/C18H23N3O5/c1-12-17(26-11-20-12)10-25-16-3-2-14-8-21(5-4-13(14)6-16)9-15(22)7-19-18(23)24/h2-3,6,11,15,19,22H,4-5,7-10H2,1H3,(H,23,24). The van der Waals surface area contributed by atoms with Crippen molar-refractivity contribution < 1.29 is 24.2 Å². The number of benzene rings is 1. The first-order valence-corrected chi connectivity index (χ1v) is 8.52. The Balaban J connectivity index is 1.53. The van der Waals surface area contributed by atoms with Gasteiger partial charge in [0, 0.05) is 26.2 Å². The smallest absolute Gasteiger partial charge is 0.404 e. The van der Waals surface area contributed by atoms with Crippen LogP contribution in [0.4, 0.5) is 4.79 Å². The highest BCUT2D eigenvalue weighted by Crippen LogP contribution is 2.24. The largest absolute Gasteiger partial charge is 0.486 e. The predicted octanol–water partition coefficient (Wildman–Crippen LogP) is 1.55. The molecule has 2 aromatic rings. The maximum absolute atomic E-state index is 10.5. The van der Waals surface area contributed by atoms with Crippen LogP contribution >= 0.6 is 0 Å². The van der Waals surface area contributed by atoms with Gasteiger partial charge in [0.05, 0.1) is 11.8 Å². The van der Waals surface area contributed by atoms with Gasteiger partial charge in [-0.05, 0) is 36.6 Å². The van der Waals surface area contributed by atoms with Gasteiger partial charge in [0.1, 0.15) is 12.4 Å². The summed E-state index contributed by atoms with van der Waals surface area (Å²) in [4.78, 5) is 16.6. The van der Waals surface area contributed by atoms with Gasteiger partial charge in [0.2, 0.25) is 0 Å². The second-order valence-electron chi connectivity index (χ2n) is 6.41. The summed E-state index contributed by atoms with van der Waals surface area (Å²) < 4.78 is 11.1. The first-order valence-electron chi connectivity index (χ1n) is 8.52. The third-order valence-corrected chi connectivity index (χ3v) is 4.44. The molecule has 1 aromatic heterocycles. The molecular weight excluding hydrogens is 338 g/mol. The highest BCUT2D eigenvalue weighted by atomic mass is 16.5. The van der Waals surface area contributed by atoms with Crippen LogP contribution in [0.5, 0.6) is 5.75 Å². The molecule has 3 rings (SSSR count). The summed E-state index contributed by atoms with van der Waals surface area (Å²) in [6.45, 7) is 4.22. The zero-order chi connectivity index (χ0) is 18.5. The van der Waals surface area contributed by atoms with Gasteiger partial charge in [0.25, 0.3) is 0 Å². The van der Waals surface area contributed by atoms with E-state index in [1.165, 1.54) is 17.5 Å². The molecule has 0 bridgehead atoms. The summed E-state index contributed by atoms with van der Waals surface area (Å²) in [5.74, 6) is 1.51. The molecular formula is C18H23N3O5. The molecule has 8 heteroatoms. The summed E-state index contributed by atoms with van der Waals surface area (Å²) in [6.07, 6.45) is 0.421. The van der Waals surface area contributed by atoms with Crippen molar-refractivity contribution in [1.29, 1.82) is 0 Å². The number of nitrogens with zero attached hydrogens (tertiary/aromatic N) is 2. The van der Waals surface area contributed by atoms with Crippen molar-refractivity contribution in [1.82, 2.24) is 15.2 Å². The molecule has 0 saturated heterocycles. The van der Waals surface area contributed by atoms with E-state index >= 15 is 0 Å². The fourth-order valence-corrected chi connectivity index (χ4v) is 3.01. The predicted molar refractivity (Wildman–Crippen MR) is 93.0 cm³/mol. The molecule has 1 unspecified atom stereocenters. The molecule has 0 spiro atoms. The number of aliphatic hydroxyl groups is 1. The van der Waals surface area contributed by atoms with Crippen LogP contribution in [0.1, 0.15) is 22.6 Å². The zero-order valence-electron chi connectivity index (χ0n) is 14.6. The number of aliphatic hydroxyl groups excluding tert-OH is 1. The Morgan fingerprint density at radius 1 is 1.46 bits per heavy atom. The lowest BCUT2D eigenvalue weighted by Crippen LogP contribution is -2.41. The lowest BCUT2D eigenvalue weighted by Gasteiger charge is -2.30. The molecule has 1 aliphatic heterocycles. The SMILES string of the molecule is Cc1ncoc1COc1ccc2c(c1)CCN(CC(O)CNC(=O)O)C2. The minimum atomic E-state index is -1.12. The zero-order valence-corrected chi connectivity index (χ0v) is 14.6. The number of amides is 1. The van der Waals surface area contributed by atoms with Gasteiger partial charge in [0.15, 0.2) is 12.2 Å². The monoisotopic (exact) mass is 361 g/mol. The number of ether oxygens (including phenoxy) is 1. The van der Waals surface area contributed by atoms with Crippen molar-refractivity contribution in [2.45, 2.75) is 32.6 Å². The maximum atomic E-state index is 10.5. The van der Waals surface area contributed by atoms with Gasteiger partial charge < -0.3 is 24.7 Å². The van der Waals surface area contributed by atoms with E-state index in [4.69, 9.17) is 14.3 Å². The third kappa shape index (κ3) is 4.74. The second-order valence-corrected chi connectivity index (χ2v) is 6.41. The average molecular weight is 361 g/mol. The molecule has 1 aliphatic rings. The number of hydrogen-bond donors (Lipinski definition) is 3. The Labute approximate surface area is 151 Å². The van der Waals surface area contributed by atoms with Crippen LogP contribution in [0, 0.1) is 6.92 Å². The van der Waals surface area contributed by atoms with E-state index in [-0.39, 0.29) is 6.54 Å². The van der Waals surface area contributed by atoms with E-state index in [0.29, 0.717) is 13.2 Å². The van der Waals surface area contributed by atoms with Gasteiger partial charge in [-0.25, -0.2) is 9.78 Å². The van der Waals surface area contributed by atoms with Crippen molar-refractivity contribution in [2.24, 2.45) is 0 Å². The third-order valence-electron chi connectivity index (χ3n) is 4.44. The molecule has 0 aliphatic carbocycles. The number of fused-ring (bicyclic) bond motifs is 1. The molecule has 0 fully saturated rings. The lowest BCUT2D eigenvalue weighted by atomic mass is 9.99. The van der Waals surface area contributed by atoms with Gasteiger partial charge >= 0.3 is 6.09 Å². The summed E-state index contributed by atoms with van der Waals surface area (Å²) >= 11 is 0. The summed E-state index contributed by atoms with van der Waals surface area (Å²) in [6, 6.07) is 6.00. The van der Waals surface area contributed by atoms with Crippen LogP contribution in [-0.4, -0.2) is 51.9 Å². The Morgan fingerprint density at radius 3 is 3.04 bits per heavy atom. The second kappa shape index (κ2) is 8.20. The molecule has 0 radical (unpaired) electrons. The van der Waals surface area contributed by atoms with Gasteiger partial charge in [-0.15, -0.1) is 0 Å². The number of nitrogens with one attached hydrogen (secondary N) is 1. The molecule has 0 saturated carbocycles. The van der Waals surface area contributed by atoms with Crippen LogP contribution in [-0.2, 0) is 19.6 Å². The summed E-state index contributed by atoms with van der Waals surface area (Å²) in [5.41, 5.74) is 3.25. The van der Waals surface area contributed by atoms with Gasteiger partial charge in [-0.3, -0.25) is 4.90 Å². The van der Waals surface area contributed by atoms with Crippen LogP contribution in [0.15, 0.2) is 29.0 Å². The number of rotatable bonds is 7. The minimum Gasteiger partial charge on any atom is -0.486 e. The molecule has 2 heterocycles. The summed E-state index contributed by atoms with van der Waals surface area (Å²) in [7, 11) is 0. The molecule has 1 amide bonds. The topological polar surface area (TPSA) is 108 Å². The molecule has 140 valence electrons. The molecule has 26 heavy (non-hydrogen) atoms. The first kappa shape index (κ1) is 18.2.